The average molecular weight is 246 g/mol. The Kier molecular flexibility index (Phi) is 4.35. The third-order valence-electron chi connectivity index (χ3n) is 2.05. The van der Waals surface area contributed by atoms with Crippen molar-refractivity contribution in [1.29, 1.82) is 0 Å². The molecule has 0 unspecified atom stereocenters. The zero-order valence-electron chi connectivity index (χ0n) is 8.97. The van der Waals surface area contributed by atoms with E-state index in [2.05, 4.69) is 9.05 Å². The number of carbonyl (C=O) groups is 1. The van der Waals surface area contributed by atoms with Crippen LogP contribution in [-0.2, 0) is 24.8 Å². The van der Waals surface area contributed by atoms with Crippen LogP contribution < -0.4 is 0 Å². The maximum Gasteiger partial charge on any atom is 0.396 e. The van der Waals surface area contributed by atoms with Gasteiger partial charge in [0.15, 0.2) is 0 Å². The van der Waals surface area contributed by atoms with Gasteiger partial charge in [-0.05, 0) is 17.7 Å². The summed E-state index contributed by atoms with van der Waals surface area (Å²) >= 11 is 0. The van der Waals surface area contributed by atoms with Crippen molar-refractivity contribution >= 4 is 13.1 Å². The van der Waals surface area contributed by atoms with E-state index in [1.165, 1.54) is 24.3 Å². The molecule has 1 rings (SSSR count). The number of halogens is 1. The van der Waals surface area contributed by atoms with Gasteiger partial charge in [0, 0.05) is 20.6 Å². The molecule has 88 valence electrons. The largest absolute Gasteiger partial charge is 0.396 e. The SMILES string of the molecule is COP(=O)(OC)C(=O)Cc1ccc(F)cc1. The molecule has 0 spiro atoms. The Balaban J connectivity index is 2.78. The molecule has 0 aromatic heterocycles. The summed E-state index contributed by atoms with van der Waals surface area (Å²) in [5.41, 5.74) is -0.0927. The molecule has 0 saturated heterocycles. The lowest BCUT2D eigenvalue weighted by molar-refractivity contribution is -0.113. The molecule has 16 heavy (non-hydrogen) atoms. The minimum absolute atomic E-state index is 0.112. The molecule has 4 nitrogen and oxygen atoms in total. The van der Waals surface area contributed by atoms with Crippen molar-refractivity contribution in [3.05, 3.63) is 35.6 Å². The standard InChI is InChI=1S/C10H12FO4P/c1-14-16(13,15-2)10(12)7-8-3-5-9(11)6-4-8/h3-6H,7H2,1-2H3. The number of hydrogen-bond acceptors (Lipinski definition) is 4. The normalized spacial score (nSPS) is 11.4. The summed E-state index contributed by atoms with van der Waals surface area (Å²) in [6, 6.07) is 5.35. The zero-order chi connectivity index (χ0) is 12.2. The minimum atomic E-state index is -3.68. The molecule has 0 aliphatic carbocycles. The lowest BCUT2D eigenvalue weighted by Crippen LogP contribution is -2.06. The fraction of sp³-hybridized carbons (Fsp3) is 0.300. The molecule has 1 aromatic carbocycles. The molecule has 0 aliphatic heterocycles. The monoisotopic (exact) mass is 246 g/mol. The molecule has 0 amide bonds. The molecule has 0 fully saturated rings. The summed E-state index contributed by atoms with van der Waals surface area (Å²) in [4.78, 5) is 11.6. The number of carbonyl (C=O) groups excluding carboxylic acids is 1. The summed E-state index contributed by atoms with van der Waals surface area (Å²) in [5.74, 6) is -0.391. The van der Waals surface area contributed by atoms with Crippen LogP contribution >= 0.6 is 7.60 Å². The van der Waals surface area contributed by atoms with Crippen molar-refractivity contribution in [2.45, 2.75) is 6.42 Å². The van der Waals surface area contributed by atoms with Crippen molar-refractivity contribution in [2.75, 3.05) is 14.2 Å². The highest BCUT2D eigenvalue weighted by Crippen LogP contribution is 2.47. The molecular formula is C10H12FO4P. The Morgan fingerprint density at radius 3 is 2.19 bits per heavy atom. The van der Waals surface area contributed by atoms with Gasteiger partial charge < -0.3 is 9.05 Å². The third kappa shape index (κ3) is 2.98. The first-order valence-corrected chi connectivity index (χ1v) is 6.05. The number of benzene rings is 1. The number of hydrogen-bond donors (Lipinski definition) is 0. The Hall–Kier alpha value is -1.03. The fourth-order valence-electron chi connectivity index (χ4n) is 1.15. The fourth-order valence-corrected chi connectivity index (χ4v) is 2.08. The maximum absolute atomic E-state index is 12.6. The van der Waals surface area contributed by atoms with Crippen molar-refractivity contribution in [2.24, 2.45) is 0 Å². The highest BCUT2D eigenvalue weighted by Gasteiger charge is 2.31. The molecule has 6 heteroatoms. The summed E-state index contributed by atoms with van der Waals surface area (Å²) in [5, 5.41) is 0. The Morgan fingerprint density at radius 1 is 1.25 bits per heavy atom. The highest BCUT2D eigenvalue weighted by atomic mass is 31.2. The van der Waals surface area contributed by atoms with Crippen LogP contribution in [0.15, 0.2) is 24.3 Å². The Bertz CT molecular complexity index is 407. The van der Waals surface area contributed by atoms with Crippen LogP contribution in [0.3, 0.4) is 0 Å². The van der Waals surface area contributed by atoms with Gasteiger partial charge in [0.05, 0.1) is 0 Å². The molecular weight excluding hydrogens is 234 g/mol. The van der Waals surface area contributed by atoms with Crippen molar-refractivity contribution in [3.63, 3.8) is 0 Å². The summed E-state index contributed by atoms with van der Waals surface area (Å²) in [6.45, 7) is 0. The smallest absolute Gasteiger partial charge is 0.307 e. The van der Waals surface area contributed by atoms with E-state index >= 15 is 0 Å². The van der Waals surface area contributed by atoms with Crippen LogP contribution in [0, 0.1) is 5.82 Å². The second-order valence-electron chi connectivity index (χ2n) is 3.06. The first kappa shape index (κ1) is 13.0. The molecule has 0 bridgehead atoms. The molecule has 0 radical (unpaired) electrons. The van der Waals surface area contributed by atoms with Gasteiger partial charge in [-0.2, -0.15) is 0 Å². The van der Waals surface area contributed by atoms with E-state index in [-0.39, 0.29) is 6.42 Å². The van der Waals surface area contributed by atoms with E-state index in [1.54, 1.807) is 0 Å². The third-order valence-corrected chi connectivity index (χ3v) is 3.79. The lowest BCUT2D eigenvalue weighted by Gasteiger charge is -2.11. The zero-order valence-corrected chi connectivity index (χ0v) is 9.87. The lowest BCUT2D eigenvalue weighted by atomic mass is 10.2. The second-order valence-corrected chi connectivity index (χ2v) is 5.28. The Morgan fingerprint density at radius 2 is 1.75 bits per heavy atom. The van der Waals surface area contributed by atoms with E-state index < -0.39 is 18.9 Å². The minimum Gasteiger partial charge on any atom is -0.307 e. The summed E-state index contributed by atoms with van der Waals surface area (Å²) in [7, 11) is -1.39. The van der Waals surface area contributed by atoms with E-state index in [0.717, 1.165) is 14.2 Å². The van der Waals surface area contributed by atoms with Gasteiger partial charge in [0.1, 0.15) is 5.82 Å². The van der Waals surface area contributed by atoms with Crippen molar-refractivity contribution < 1.29 is 22.8 Å². The van der Waals surface area contributed by atoms with E-state index in [1.807, 2.05) is 0 Å². The molecule has 1 aromatic rings. The topological polar surface area (TPSA) is 52.6 Å². The summed E-state index contributed by atoms with van der Waals surface area (Å²) < 4.78 is 33.4. The van der Waals surface area contributed by atoms with Crippen molar-refractivity contribution in [1.82, 2.24) is 0 Å². The molecule has 0 atom stereocenters. The maximum atomic E-state index is 12.6. The van der Waals surface area contributed by atoms with E-state index in [4.69, 9.17) is 0 Å². The Labute approximate surface area is 92.9 Å². The van der Waals surface area contributed by atoms with Gasteiger partial charge >= 0.3 is 7.60 Å². The van der Waals surface area contributed by atoms with Gasteiger partial charge in [-0.1, -0.05) is 12.1 Å². The quantitative estimate of drug-likeness (QED) is 0.748. The highest BCUT2D eigenvalue weighted by molar-refractivity contribution is 7.71. The second kappa shape index (κ2) is 5.34. The van der Waals surface area contributed by atoms with Gasteiger partial charge in [-0.15, -0.1) is 0 Å². The predicted octanol–water partition coefficient (Wildman–Crippen LogP) is 2.38. The predicted molar refractivity (Wildman–Crippen MR) is 56.7 cm³/mol. The van der Waals surface area contributed by atoms with Gasteiger partial charge in [0.2, 0.25) is 5.52 Å². The van der Waals surface area contributed by atoms with Gasteiger partial charge in [-0.25, -0.2) is 4.39 Å². The van der Waals surface area contributed by atoms with Crippen LogP contribution in [0.5, 0.6) is 0 Å². The first-order valence-electron chi connectivity index (χ1n) is 4.51. The van der Waals surface area contributed by atoms with Crippen LogP contribution in [-0.4, -0.2) is 19.7 Å². The van der Waals surface area contributed by atoms with Gasteiger partial charge in [-0.3, -0.25) is 9.36 Å². The van der Waals surface area contributed by atoms with Crippen molar-refractivity contribution in [3.8, 4) is 0 Å². The van der Waals surface area contributed by atoms with Crippen LogP contribution in [0.4, 0.5) is 4.39 Å². The van der Waals surface area contributed by atoms with Crippen LogP contribution in [0.1, 0.15) is 5.56 Å². The first-order chi connectivity index (χ1) is 7.51. The molecule has 0 saturated carbocycles. The average Bonchev–Trinajstić information content (AvgIpc) is 2.31. The molecule has 0 aliphatic rings. The van der Waals surface area contributed by atoms with E-state index in [9.17, 15) is 13.8 Å². The number of rotatable bonds is 5. The molecule has 0 heterocycles. The van der Waals surface area contributed by atoms with Crippen LogP contribution in [0.25, 0.3) is 0 Å². The summed E-state index contributed by atoms with van der Waals surface area (Å²) in [6.07, 6.45) is -0.112. The van der Waals surface area contributed by atoms with E-state index in [0.29, 0.717) is 5.56 Å². The molecule has 0 N–H and O–H groups in total. The van der Waals surface area contributed by atoms with Gasteiger partial charge in [0.25, 0.3) is 0 Å². The van der Waals surface area contributed by atoms with Crippen LogP contribution in [0.2, 0.25) is 0 Å².